The van der Waals surface area contributed by atoms with Gasteiger partial charge >= 0.3 is 0 Å². The predicted octanol–water partition coefficient (Wildman–Crippen LogP) is 3.03. The summed E-state index contributed by atoms with van der Waals surface area (Å²) in [6.07, 6.45) is 2.35. The van der Waals surface area contributed by atoms with E-state index >= 15 is 0 Å². The molecular formula is C18H17N5O3. The van der Waals surface area contributed by atoms with Gasteiger partial charge in [-0.2, -0.15) is 4.98 Å². The number of para-hydroxylation sites is 1. The van der Waals surface area contributed by atoms with E-state index < -0.39 is 0 Å². The van der Waals surface area contributed by atoms with Gasteiger partial charge in [-0.1, -0.05) is 17.3 Å². The Kier molecular flexibility index (Phi) is 3.39. The lowest BCUT2D eigenvalue weighted by atomic mass is 10.2. The molecule has 2 unspecified atom stereocenters. The number of fused-ring (bicyclic) bond motifs is 3. The fraction of sp³-hybridized carbons (Fsp3) is 0.333. The topological polar surface area (TPSA) is 90.3 Å². The molecular weight excluding hydrogens is 334 g/mol. The van der Waals surface area contributed by atoms with Gasteiger partial charge < -0.3 is 18.6 Å². The van der Waals surface area contributed by atoms with Crippen molar-refractivity contribution in [2.45, 2.75) is 25.5 Å². The van der Waals surface area contributed by atoms with Crippen molar-refractivity contribution >= 4 is 27.9 Å². The van der Waals surface area contributed by atoms with Gasteiger partial charge in [0.25, 0.3) is 0 Å². The second-order valence-electron chi connectivity index (χ2n) is 6.41. The Bertz CT molecular complexity index is 1090. The van der Waals surface area contributed by atoms with Gasteiger partial charge in [0, 0.05) is 25.5 Å². The summed E-state index contributed by atoms with van der Waals surface area (Å²) in [5, 5.41) is 4.90. The number of benzene rings is 1. The zero-order chi connectivity index (χ0) is 17.7. The first-order chi connectivity index (χ1) is 12.7. The Balaban J connectivity index is 1.67. The minimum atomic E-state index is -0.118. The number of methoxy groups -OCH3 is 1. The Morgan fingerprint density at radius 1 is 1.23 bits per heavy atom. The highest BCUT2D eigenvalue weighted by Gasteiger charge is 2.39. The first kappa shape index (κ1) is 15.3. The molecule has 0 N–H and O–H groups in total. The van der Waals surface area contributed by atoms with E-state index in [-0.39, 0.29) is 12.1 Å². The Labute approximate surface area is 148 Å². The molecule has 4 heterocycles. The summed E-state index contributed by atoms with van der Waals surface area (Å²) in [5.74, 6) is 1.88. The number of rotatable bonds is 3. The standard InChI is InChI=1S/C18H17N5O3/c1-10-21-18(26-22-10)13-7-11(24-2)8-23(13)17-16-15(19-9-20-17)12-5-3-4-6-14(12)25-16/h3-6,9,11,13H,7-8H2,1-2H3. The van der Waals surface area contributed by atoms with E-state index in [4.69, 9.17) is 13.7 Å². The van der Waals surface area contributed by atoms with Crippen LogP contribution in [0.3, 0.4) is 0 Å². The van der Waals surface area contributed by atoms with E-state index in [1.165, 1.54) is 0 Å². The molecule has 2 atom stereocenters. The van der Waals surface area contributed by atoms with Gasteiger partial charge in [0.15, 0.2) is 17.2 Å². The van der Waals surface area contributed by atoms with Crippen LogP contribution in [0.5, 0.6) is 0 Å². The summed E-state index contributed by atoms with van der Waals surface area (Å²) in [7, 11) is 1.71. The van der Waals surface area contributed by atoms with Gasteiger partial charge in [0.1, 0.15) is 23.5 Å². The molecule has 8 heteroatoms. The van der Waals surface area contributed by atoms with Gasteiger partial charge in [0.2, 0.25) is 5.89 Å². The highest BCUT2D eigenvalue weighted by molar-refractivity contribution is 6.05. The molecule has 0 amide bonds. The average molecular weight is 351 g/mol. The normalized spacial score (nSPS) is 20.5. The van der Waals surface area contributed by atoms with Crippen molar-refractivity contribution in [2.24, 2.45) is 0 Å². The molecule has 0 spiro atoms. The summed E-state index contributed by atoms with van der Waals surface area (Å²) < 4.78 is 17.1. The highest BCUT2D eigenvalue weighted by Crippen LogP contribution is 2.40. The quantitative estimate of drug-likeness (QED) is 0.556. The maximum Gasteiger partial charge on any atom is 0.249 e. The fourth-order valence-corrected chi connectivity index (χ4v) is 3.60. The van der Waals surface area contributed by atoms with Crippen molar-refractivity contribution in [1.82, 2.24) is 20.1 Å². The van der Waals surface area contributed by atoms with Crippen LogP contribution in [0.4, 0.5) is 5.82 Å². The number of hydrogen-bond donors (Lipinski definition) is 0. The third-order valence-corrected chi connectivity index (χ3v) is 4.84. The molecule has 26 heavy (non-hydrogen) atoms. The lowest BCUT2D eigenvalue weighted by Crippen LogP contribution is -2.26. The van der Waals surface area contributed by atoms with E-state index in [2.05, 4.69) is 25.0 Å². The van der Waals surface area contributed by atoms with Crippen molar-refractivity contribution in [3.8, 4) is 0 Å². The predicted molar refractivity (Wildman–Crippen MR) is 93.8 cm³/mol. The number of anilines is 1. The molecule has 0 aliphatic carbocycles. The smallest absolute Gasteiger partial charge is 0.249 e. The molecule has 5 rings (SSSR count). The molecule has 1 aliphatic rings. The molecule has 1 aliphatic heterocycles. The lowest BCUT2D eigenvalue weighted by molar-refractivity contribution is 0.117. The molecule has 1 saturated heterocycles. The molecule has 0 bridgehead atoms. The fourth-order valence-electron chi connectivity index (χ4n) is 3.60. The van der Waals surface area contributed by atoms with Crippen molar-refractivity contribution in [2.75, 3.05) is 18.6 Å². The maximum absolute atomic E-state index is 6.08. The molecule has 1 aromatic carbocycles. The monoisotopic (exact) mass is 351 g/mol. The molecule has 4 aromatic rings. The van der Waals surface area contributed by atoms with Crippen LogP contribution in [-0.4, -0.2) is 39.9 Å². The van der Waals surface area contributed by atoms with Gasteiger partial charge in [-0.3, -0.25) is 0 Å². The molecule has 132 valence electrons. The molecule has 3 aromatic heterocycles. The van der Waals surface area contributed by atoms with E-state index in [9.17, 15) is 0 Å². The summed E-state index contributed by atoms with van der Waals surface area (Å²) in [6, 6.07) is 7.73. The molecule has 8 nitrogen and oxygen atoms in total. The van der Waals surface area contributed by atoms with Crippen molar-refractivity contribution in [3.05, 3.63) is 42.3 Å². The number of furan rings is 1. The van der Waals surface area contributed by atoms with Gasteiger partial charge in [-0.05, 0) is 19.1 Å². The highest BCUT2D eigenvalue weighted by atomic mass is 16.5. The summed E-state index contributed by atoms with van der Waals surface area (Å²) >= 11 is 0. The van der Waals surface area contributed by atoms with E-state index in [0.717, 1.165) is 22.9 Å². The number of aryl methyl sites for hydroxylation is 1. The van der Waals surface area contributed by atoms with Crippen molar-refractivity contribution in [3.63, 3.8) is 0 Å². The zero-order valence-electron chi connectivity index (χ0n) is 14.4. The minimum Gasteiger partial charge on any atom is -0.450 e. The summed E-state index contributed by atoms with van der Waals surface area (Å²) in [6.45, 7) is 2.47. The third-order valence-electron chi connectivity index (χ3n) is 4.84. The molecule has 0 saturated carbocycles. The molecule has 1 fully saturated rings. The van der Waals surface area contributed by atoms with Crippen LogP contribution in [0.1, 0.15) is 24.2 Å². The number of ether oxygens (including phenoxy) is 1. The van der Waals surface area contributed by atoms with Gasteiger partial charge in [-0.25, -0.2) is 9.97 Å². The Morgan fingerprint density at radius 2 is 2.12 bits per heavy atom. The first-order valence-corrected chi connectivity index (χ1v) is 8.46. The van der Waals surface area contributed by atoms with Crippen LogP contribution in [0, 0.1) is 6.92 Å². The largest absolute Gasteiger partial charge is 0.450 e. The van der Waals surface area contributed by atoms with Crippen molar-refractivity contribution in [1.29, 1.82) is 0 Å². The summed E-state index contributed by atoms with van der Waals surface area (Å²) in [5.41, 5.74) is 2.25. The minimum absolute atomic E-state index is 0.0431. The van der Waals surface area contributed by atoms with Crippen molar-refractivity contribution < 1.29 is 13.7 Å². The van der Waals surface area contributed by atoms with Gasteiger partial charge in [0.05, 0.1) is 6.10 Å². The number of nitrogens with zero attached hydrogens (tertiary/aromatic N) is 5. The number of hydrogen-bond acceptors (Lipinski definition) is 8. The second kappa shape index (κ2) is 5.77. The van der Waals surface area contributed by atoms with Gasteiger partial charge in [-0.15, -0.1) is 0 Å². The SMILES string of the molecule is COC1CC(c2nc(C)no2)N(c2ncnc3c2oc2ccccc23)C1. The van der Waals surface area contributed by atoms with Crippen LogP contribution in [0.25, 0.3) is 22.1 Å². The number of aromatic nitrogens is 4. The van der Waals surface area contributed by atoms with Crippen LogP contribution < -0.4 is 4.90 Å². The Morgan fingerprint density at radius 3 is 2.92 bits per heavy atom. The van der Waals surface area contributed by atoms with Crippen LogP contribution >= 0.6 is 0 Å². The van der Waals surface area contributed by atoms with Crippen LogP contribution in [-0.2, 0) is 4.74 Å². The summed E-state index contributed by atoms with van der Waals surface area (Å²) in [4.78, 5) is 15.5. The average Bonchev–Trinajstić information content (AvgIpc) is 3.37. The lowest BCUT2D eigenvalue weighted by Gasteiger charge is -2.22. The third kappa shape index (κ3) is 2.26. The van der Waals surface area contributed by atoms with E-state index in [0.29, 0.717) is 29.7 Å². The van der Waals surface area contributed by atoms with E-state index in [1.54, 1.807) is 13.4 Å². The zero-order valence-corrected chi connectivity index (χ0v) is 14.4. The Hall–Kier alpha value is -3.00. The maximum atomic E-state index is 6.08. The van der Waals surface area contributed by atoms with Crippen LogP contribution in [0.2, 0.25) is 0 Å². The van der Waals surface area contributed by atoms with E-state index in [1.807, 2.05) is 31.2 Å². The molecule has 0 radical (unpaired) electrons. The van der Waals surface area contributed by atoms with Crippen LogP contribution in [0.15, 0.2) is 39.5 Å². The second-order valence-corrected chi connectivity index (χ2v) is 6.41. The first-order valence-electron chi connectivity index (χ1n) is 8.46.